The molecule has 0 spiro atoms. The molecule has 0 unspecified atom stereocenters. The molecule has 1 aliphatic carbocycles. The van der Waals surface area contributed by atoms with Gasteiger partial charge in [-0.3, -0.25) is 14.5 Å². The van der Waals surface area contributed by atoms with Crippen LogP contribution in [-0.2, 0) is 20.7 Å². The molecule has 176 valence electrons. The summed E-state index contributed by atoms with van der Waals surface area (Å²) < 4.78 is 5.34. The van der Waals surface area contributed by atoms with E-state index < -0.39 is 0 Å². The molecule has 1 N–H and O–H groups in total. The number of hydrogen-bond donors (Lipinski definition) is 1. The Bertz CT molecular complexity index is 1020. The quantitative estimate of drug-likeness (QED) is 0.721. The Kier molecular flexibility index (Phi) is 6.76. The van der Waals surface area contributed by atoms with E-state index in [1.807, 2.05) is 11.8 Å². The number of benzene rings is 1. The maximum atomic E-state index is 13.1. The minimum Gasteiger partial charge on any atom is -0.379 e. The summed E-state index contributed by atoms with van der Waals surface area (Å²) in [4.78, 5) is 35.4. The SMILES string of the molecule is Cc1sc(NC(=O)CN2CCOCC2)nc1-c1ccc2c(c1)CCN2C(=O)C1CCCCC1. The van der Waals surface area contributed by atoms with Crippen molar-refractivity contribution in [3.05, 3.63) is 28.6 Å². The van der Waals surface area contributed by atoms with Crippen LogP contribution in [-0.4, -0.2) is 61.1 Å². The second-order valence-corrected chi connectivity index (χ2v) is 10.5. The molecule has 33 heavy (non-hydrogen) atoms. The maximum Gasteiger partial charge on any atom is 0.240 e. The highest BCUT2D eigenvalue weighted by molar-refractivity contribution is 7.16. The van der Waals surface area contributed by atoms with Gasteiger partial charge < -0.3 is 15.0 Å². The third-order valence-electron chi connectivity index (χ3n) is 6.98. The molecule has 2 amide bonds. The monoisotopic (exact) mass is 468 g/mol. The smallest absolute Gasteiger partial charge is 0.240 e. The topological polar surface area (TPSA) is 74.8 Å². The van der Waals surface area contributed by atoms with E-state index in [-0.39, 0.29) is 11.8 Å². The lowest BCUT2D eigenvalue weighted by Crippen LogP contribution is -2.41. The van der Waals surface area contributed by atoms with Crippen molar-refractivity contribution in [1.29, 1.82) is 0 Å². The molecule has 1 aromatic heterocycles. The lowest BCUT2D eigenvalue weighted by atomic mass is 9.88. The lowest BCUT2D eigenvalue weighted by molar-refractivity contribution is -0.123. The average Bonchev–Trinajstić information content (AvgIpc) is 3.42. The van der Waals surface area contributed by atoms with Gasteiger partial charge in [-0.1, -0.05) is 25.3 Å². The van der Waals surface area contributed by atoms with Crippen molar-refractivity contribution >= 4 is 34.0 Å². The Labute approximate surface area is 199 Å². The third-order valence-corrected chi connectivity index (χ3v) is 7.87. The number of rotatable bonds is 5. The first-order valence-corrected chi connectivity index (χ1v) is 12.9. The summed E-state index contributed by atoms with van der Waals surface area (Å²) in [6, 6.07) is 6.31. The molecule has 3 heterocycles. The standard InChI is InChI=1S/C25H32N4O3S/c1-17-23(27-25(33-17)26-22(30)16-28-11-13-32-14-12-28)20-7-8-21-19(15-20)9-10-29(21)24(31)18-5-3-2-4-6-18/h7-8,15,18H,2-6,9-14,16H2,1H3,(H,26,27,30). The summed E-state index contributed by atoms with van der Waals surface area (Å²) in [5.41, 5.74) is 4.22. The van der Waals surface area contributed by atoms with Gasteiger partial charge in [0.2, 0.25) is 11.8 Å². The van der Waals surface area contributed by atoms with Gasteiger partial charge in [-0.15, -0.1) is 11.3 Å². The van der Waals surface area contributed by atoms with Gasteiger partial charge in [0.1, 0.15) is 0 Å². The fourth-order valence-corrected chi connectivity index (χ4v) is 6.04. The van der Waals surface area contributed by atoms with Crippen molar-refractivity contribution in [3.63, 3.8) is 0 Å². The number of fused-ring (bicyclic) bond motifs is 1. The van der Waals surface area contributed by atoms with Gasteiger partial charge in [-0.25, -0.2) is 4.98 Å². The number of nitrogens with zero attached hydrogens (tertiary/aromatic N) is 3. The number of nitrogens with one attached hydrogen (secondary N) is 1. The minimum atomic E-state index is -0.0389. The molecule has 0 atom stereocenters. The maximum absolute atomic E-state index is 13.1. The Morgan fingerprint density at radius 3 is 2.73 bits per heavy atom. The van der Waals surface area contributed by atoms with Crippen LogP contribution in [0, 0.1) is 12.8 Å². The minimum absolute atomic E-state index is 0.0389. The first-order chi connectivity index (χ1) is 16.1. The van der Waals surface area contributed by atoms with Crippen LogP contribution in [0.25, 0.3) is 11.3 Å². The van der Waals surface area contributed by atoms with E-state index in [1.165, 1.54) is 36.2 Å². The Balaban J connectivity index is 1.27. The molecule has 7 nitrogen and oxygen atoms in total. The highest BCUT2D eigenvalue weighted by atomic mass is 32.1. The zero-order valence-electron chi connectivity index (χ0n) is 19.3. The van der Waals surface area contributed by atoms with Gasteiger partial charge in [-0.05, 0) is 43.9 Å². The molecule has 0 radical (unpaired) electrons. The molecule has 1 aromatic carbocycles. The predicted molar refractivity (Wildman–Crippen MR) is 131 cm³/mol. The highest BCUT2D eigenvalue weighted by Gasteiger charge is 2.31. The molecule has 2 aliphatic heterocycles. The van der Waals surface area contributed by atoms with E-state index in [9.17, 15) is 9.59 Å². The molecule has 3 aliphatic rings. The van der Waals surface area contributed by atoms with E-state index in [2.05, 4.69) is 28.4 Å². The largest absolute Gasteiger partial charge is 0.379 e. The summed E-state index contributed by atoms with van der Waals surface area (Å²) >= 11 is 1.51. The Morgan fingerprint density at radius 1 is 1.15 bits per heavy atom. The van der Waals surface area contributed by atoms with Crippen molar-refractivity contribution in [3.8, 4) is 11.3 Å². The second kappa shape index (κ2) is 9.91. The fraction of sp³-hybridized carbons (Fsp3) is 0.560. The Morgan fingerprint density at radius 2 is 1.94 bits per heavy atom. The number of morpholine rings is 1. The summed E-state index contributed by atoms with van der Waals surface area (Å²) in [5.74, 6) is 0.452. The highest BCUT2D eigenvalue weighted by Crippen LogP contribution is 2.37. The molecule has 2 aromatic rings. The van der Waals surface area contributed by atoms with Gasteiger partial charge >= 0.3 is 0 Å². The van der Waals surface area contributed by atoms with E-state index in [0.29, 0.717) is 30.8 Å². The van der Waals surface area contributed by atoms with Crippen molar-refractivity contribution in [2.75, 3.05) is 49.6 Å². The van der Waals surface area contributed by atoms with Gasteiger partial charge in [0.05, 0.1) is 25.5 Å². The number of amides is 2. The molecule has 2 fully saturated rings. The first kappa shape index (κ1) is 22.5. The van der Waals surface area contributed by atoms with Crippen molar-refractivity contribution < 1.29 is 14.3 Å². The predicted octanol–water partition coefficient (Wildman–Crippen LogP) is 3.86. The van der Waals surface area contributed by atoms with Crippen LogP contribution in [0.15, 0.2) is 18.2 Å². The fourth-order valence-electron chi connectivity index (χ4n) is 5.19. The number of aromatic nitrogens is 1. The zero-order valence-corrected chi connectivity index (χ0v) is 20.1. The number of carbonyl (C=O) groups excluding carboxylic acids is 2. The van der Waals surface area contributed by atoms with Crippen LogP contribution in [0.1, 0.15) is 42.5 Å². The number of hydrogen-bond acceptors (Lipinski definition) is 6. The summed E-state index contributed by atoms with van der Waals surface area (Å²) in [6.07, 6.45) is 6.54. The van der Waals surface area contributed by atoms with Gasteiger partial charge in [0.25, 0.3) is 0 Å². The first-order valence-electron chi connectivity index (χ1n) is 12.1. The van der Waals surface area contributed by atoms with Gasteiger partial charge in [0, 0.05) is 41.7 Å². The summed E-state index contributed by atoms with van der Waals surface area (Å²) in [6.45, 7) is 6.09. The van der Waals surface area contributed by atoms with E-state index >= 15 is 0 Å². The third kappa shape index (κ3) is 4.98. The number of anilines is 2. The number of ether oxygens (including phenoxy) is 1. The van der Waals surface area contributed by atoms with Crippen LogP contribution in [0.4, 0.5) is 10.8 Å². The Hall–Kier alpha value is -2.29. The number of carbonyl (C=O) groups is 2. The van der Waals surface area contributed by atoms with E-state index in [4.69, 9.17) is 9.72 Å². The molecular weight excluding hydrogens is 436 g/mol. The molecule has 1 saturated carbocycles. The summed E-state index contributed by atoms with van der Waals surface area (Å²) in [5, 5.41) is 3.60. The van der Waals surface area contributed by atoms with E-state index in [0.717, 1.165) is 60.7 Å². The molecular formula is C25H32N4O3S. The van der Waals surface area contributed by atoms with Crippen LogP contribution in [0.5, 0.6) is 0 Å². The van der Waals surface area contributed by atoms with Gasteiger partial charge in [0.15, 0.2) is 5.13 Å². The van der Waals surface area contributed by atoms with Gasteiger partial charge in [-0.2, -0.15) is 0 Å². The van der Waals surface area contributed by atoms with E-state index in [1.54, 1.807) is 0 Å². The normalized spacial score (nSPS) is 19.5. The molecule has 1 saturated heterocycles. The zero-order chi connectivity index (χ0) is 22.8. The van der Waals surface area contributed by atoms with Crippen molar-refractivity contribution in [2.45, 2.75) is 45.4 Å². The van der Waals surface area contributed by atoms with Crippen LogP contribution >= 0.6 is 11.3 Å². The lowest BCUT2D eigenvalue weighted by Gasteiger charge is -2.26. The number of thiazole rings is 1. The average molecular weight is 469 g/mol. The number of aryl methyl sites for hydroxylation is 1. The molecule has 5 rings (SSSR count). The summed E-state index contributed by atoms with van der Waals surface area (Å²) in [7, 11) is 0. The molecule has 8 heteroatoms. The van der Waals surface area contributed by atoms with Crippen molar-refractivity contribution in [2.24, 2.45) is 5.92 Å². The molecule has 0 bridgehead atoms. The second-order valence-electron chi connectivity index (χ2n) is 9.28. The van der Waals surface area contributed by atoms with Crippen LogP contribution < -0.4 is 10.2 Å². The van der Waals surface area contributed by atoms with Crippen LogP contribution in [0.2, 0.25) is 0 Å². The van der Waals surface area contributed by atoms with Crippen LogP contribution in [0.3, 0.4) is 0 Å². The van der Waals surface area contributed by atoms with Crippen molar-refractivity contribution in [1.82, 2.24) is 9.88 Å².